The van der Waals surface area contributed by atoms with Crippen LogP contribution in [0.5, 0.6) is 5.75 Å². The van der Waals surface area contributed by atoms with E-state index in [1.54, 1.807) is 6.07 Å². The van der Waals surface area contributed by atoms with Crippen molar-refractivity contribution in [2.24, 2.45) is 0 Å². The maximum atomic E-state index is 12.8. The summed E-state index contributed by atoms with van der Waals surface area (Å²) >= 11 is 5.93. The summed E-state index contributed by atoms with van der Waals surface area (Å²) in [6, 6.07) is 9.07. The number of benzene rings is 2. The molecular weight excluding hydrogens is 305 g/mol. The first-order chi connectivity index (χ1) is 9.42. The van der Waals surface area contributed by atoms with Crippen molar-refractivity contribution in [3.8, 4) is 5.75 Å². The Morgan fingerprint density at radius 1 is 1.15 bits per heavy atom. The van der Waals surface area contributed by atoms with E-state index in [1.807, 2.05) is 0 Å². The number of hydrogen-bond acceptors (Lipinski definition) is 3. The zero-order chi connectivity index (χ0) is 14.8. The Bertz CT molecular complexity index is 717. The Hall–Kier alpha value is -1.79. The average molecular weight is 316 g/mol. The maximum absolute atomic E-state index is 12.8. The molecule has 0 saturated carbocycles. The van der Waals surface area contributed by atoms with Gasteiger partial charge in [-0.1, -0.05) is 11.6 Å². The molecule has 2 rings (SSSR count). The van der Waals surface area contributed by atoms with E-state index in [9.17, 15) is 12.8 Å². The van der Waals surface area contributed by atoms with E-state index in [0.717, 1.165) is 12.1 Å². The van der Waals surface area contributed by atoms with Gasteiger partial charge in [0.05, 0.1) is 22.7 Å². The quantitative estimate of drug-likeness (QED) is 0.942. The van der Waals surface area contributed by atoms with E-state index in [2.05, 4.69) is 4.72 Å². The monoisotopic (exact) mass is 315 g/mol. The topological polar surface area (TPSA) is 55.4 Å². The highest BCUT2D eigenvalue weighted by Gasteiger charge is 2.16. The molecule has 106 valence electrons. The summed E-state index contributed by atoms with van der Waals surface area (Å²) in [5, 5.41) is 0.233. The van der Waals surface area contributed by atoms with Gasteiger partial charge in [0, 0.05) is 6.07 Å². The van der Waals surface area contributed by atoms with Gasteiger partial charge in [-0.15, -0.1) is 0 Å². The molecule has 0 heterocycles. The predicted molar refractivity (Wildman–Crippen MR) is 75.2 cm³/mol. The van der Waals surface area contributed by atoms with Gasteiger partial charge in [0.15, 0.2) is 0 Å². The molecule has 0 aromatic heterocycles. The summed E-state index contributed by atoms with van der Waals surface area (Å²) in [6.45, 7) is 0. The third kappa shape index (κ3) is 3.20. The van der Waals surface area contributed by atoms with Crippen LogP contribution in [0.25, 0.3) is 0 Å². The molecule has 0 aliphatic carbocycles. The van der Waals surface area contributed by atoms with Crippen molar-refractivity contribution in [3.63, 3.8) is 0 Å². The molecule has 0 amide bonds. The van der Waals surface area contributed by atoms with Gasteiger partial charge < -0.3 is 4.74 Å². The number of rotatable bonds is 4. The minimum atomic E-state index is -3.83. The molecule has 0 unspecified atom stereocenters. The predicted octanol–water partition coefficient (Wildman–Crippen LogP) is 3.29. The largest absolute Gasteiger partial charge is 0.497 e. The van der Waals surface area contributed by atoms with Crippen LogP contribution in [-0.2, 0) is 10.0 Å². The minimum absolute atomic E-state index is 0.0576. The molecule has 0 aliphatic rings. The first kappa shape index (κ1) is 14.6. The Morgan fingerprint density at radius 3 is 2.40 bits per heavy atom. The van der Waals surface area contributed by atoms with Gasteiger partial charge >= 0.3 is 0 Å². The molecule has 4 nitrogen and oxygen atoms in total. The van der Waals surface area contributed by atoms with Crippen LogP contribution < -0.4 is 9.46 Å². The fourth-order valence-electron chi connectivity index (χ4n) is 1.53. The number of hydrogen-bond donors (Lipinski definition) is 1. The normalized spacial score (nSPS) is 11.2. The first-order valence-corrected chi connectivity index (χ1v) is 7.40. The van der Waals surface area contributed by atoms with Gasteiger partial charge in [-0.2, -0.15) is 0 Å². The smallest absolute Gasteiger partial charge is 0.261 e. The maximum Gasteiger partial charge on any atom is 0.261 e. The van der Waals surface area contributed by atoms with E-state index in [-0.39, 0.29) is 15.6 Å². The fraction of sp³-hybridized carbons (Fsp3) is 0.0769. The molecule has 0 spiro atoms. The van der Waals surface area contributed by atoms with Crippen molar-refractivity contribution in [2.45, 2.75) is 4.90 Å². The second-order valence-corrected chi connectivity index (χ2v) is 5.99. The van der Waals surface area contributed by atoms with E-state index in [4.69, 9.17) is 16.3 Å². The summed E-state index contributed by atoms with van der Waals surface area (Å²) in [6.07, 6.45) is 0. The van der Waals surface area contributed by atoms with Crippen LogP contribution in [0.3, 0.4) is 0 Å². The number of nitrogens with one attached hydrogen (secondary N) is 1. The molecule has 7 heteroatoms. The number of halogens is 2. The van der Waals surface area contributed by atoms with Crippen molar-refractivity contribution in [2.75, 3.05) is 11.8 Å². The third-order valence-electron chi connectivity index (χ3n) is 2.54. The lowest BCUT2D eigenvalue weighted by molar-refractivity contribution is 0.415. The van der Waals surface area contributed by atoms with Crippen LogP contribution >= 0.6 is 11.6 Å². The second kappa shape index (κ2) is 5.68. The molecule has 0 bridgehead atoms. The van der Waals surface area contributed by atoms with Crippen LogP contribution in [0.2, 0.25) is 5.02 Å². The molecule has 0 saturated heterocycles. The summed E-state index contributed by atoms with van der Waals surface area (Å²) in [5.41, 5.74) is 0.190. The van der Waals surface area contributed by atoms with Gasteiger partial charge in [-0.05, 0) is 36.4 Å². The van der Waals surface area contributed by atoms with E-state index < -0.39 is 15.8 Å². The van der Waals surface area contributed by atoms with Gasteiger partial charge in [-0.25, -0.2) is 12.8 Å². The molecule has 2 aromatic rings. The molecule has 0 aliphatic heterocycles. The fourth-order valence-corrected chi connectivity index (χ4v) is 2.82. The summed E-state index contributed by atoms with van der Waals surface area (Å²) in [7, 11) is -2.37. The number of anilines is 1. The Labute approximate surface area is 121 Å². The van der Waals surface area contributed by atoms with Crippen molar-refractivity contribution in [1.29, 1.82) is 0 Å². The van der Waals surface area contributed by atoms with Gasteiger partial charge in [0.2, 0.25) is 0 Å². The lowest BCUT2D eigenvalue weighted by Crippen LogP contribution is -2.13. The molecule has 1 N–H and O–H groups in total. The van der Waals surface area contributed by atoms with Crippen LogP contribution in [0, 0.1) is 5.82 Å². The SMILES string of the molecule is COc1ccc(Cl)c(NS(=O)(=O)c2ccc(F)cc2)c1. The standard InChI is InChI=1S/C13H11ClFNO3S/c1-19-10-4-7-12(14)13(8-10)16-20(17,18)11-5-2-9(15)3-6-11/h2-8,16H,1H3. The second-order valence-electron chi connectivity index (χ2n) is 3.91. The Morgan fingerprint density at radius 2 is 1.80 bits per heavy atom. The van der Waals surface area contributed by atoms with E-state index in [1.165, 1.54) is 31.4 Å². The summed E-state index contributed by atoms with van der Waals surface area (Å²) in [4.78, 5) is -0.0576. The number of ether oxygens (including phenoxy) is 1. The van der Waals surface area contributed by atoms with Gasteiger partial charge in [0.1, 0.15) is 11.6 Å². The molecule has 0 radical (unpaired) electrons. The van der Waals surface area contributed by atoms with Gasteiger partial charge in [-0.3, -0.25) is 4.72 Å². The average Bonchev–Trinajstić information content (AvgIpc) is 2.41. The molecule has 0 atom stereocenters. The number of sulfonamides is 1. The molecule has 20 heavy (non-hydrogen) atoms. The van der Waals surface area contributed by atoms with Crippen molar-refractivity contribution in [1.82, 2.24) is 0 Å². The lowest BCUT2D eigenvalue weighted by Gasteiger charge is -2.11. The Kier molecular flexibility index (Phi) is 4.15. The van der Waals surface area contributed by atoms with Crippen molar-refractivity contribution in [3.05, 3.63) is 53.3 Å². The van der Waals surface area contributed by atoms with E-state index in [0.29, 0.717) is 5.75 Å². The van der Waals surface area contributed by atoms with Crippen molar-refractivity contribution >= 4 is 27.3 Å². The highest BCUT2D eigenvalue weighted by atomic mass is 35.5. The lowest BCUT2D eigenvalue weighted by atomic mass is 10.3. The zero-order valence-electron chi connectivity index (χ0n) is 10.4. The van der Waals surface area contributed by atoms with Crippen LogP contribution in [0.1, 0.15) is 0 Å². The van der Waals surface area contributed by atoms with Crippen LogP contribution in [0.4, 0.5) is 10.1 Å². The Balaban J connectivity index is 2.35. The molecular formula is C13H11ClFNO3S. The first-order valence-electron chi connectivity index (χ1n) is 5.54. The van der Waals surface area contributed by atoms with Crippen LogP contribution in [0.15, 0.2) is 47.4 Å². The highest BCUT2D eigenvalue weighted by molar-refractivity contribution is 7.92. The summed E-state index contributed by atoms with van der Waals surface area (Å²) < 4.78 is 44.4. The third-order valence-corrected chi connectivity index (χ3v) is 4.25. The summed E-state index contributed by atoms with van der Waals surface area (Å²) in [5.74, 6) is -0.0467. The van der Waals surface area contributed by atoms with Crippen molar-refractivity contribution < 1.29 is 17.5 Å². The zero-order valence-corrected chi connectivity index (χ0v) is 12.0. The molecule has 2 aromatic carbocycles. The molecule has 0 fully saturated rings. The minimum Gasteiger partial charge on any atom is -0.497 e. The highest BCUT2D eigenvalue weighted by Crippen LogP contribution is 2.28. The number of methoxy groups -OCH3 is 1. The van der Waals surface area contributed by atoms with Crippen LogP contribution in [-0.4, -0.2) is 15.5 Å². The van der Waals surface area contributed by atoms with E-state index >= 15 is 0 Å². The van der Waals surface area contributed by atoms with Gasteiger partial charge in [0.25, 0.3) is 10.0 Å².